The van der Waals surface area contributed by atoms with Gasteiger partial charge in [-0.2, -0.15) is 5.26 Å². The molecule has 0 saturated carbocycles. The highest BCUT2D eigenvalue weighted by Gasteiger charge is 2.69. The van der Waals surface area contributed by atoms with Crippen LogP contribution in [0.5, 0.6) is 0 Å². The van der Waals surface area contributed by atoms with Crippen molar-refractivity contribution in [3.8, 4) is 6.07 Å². The second kappa shape index (κ2) is 9.01. The Morgan fingerprint density at radius 2 is 2.09 bits per heavy atom. The van der Waals surface area contributed by atoms with Gasteiger partial charge in [-0.15, -0.1) is 0 Å². The third kappa shape index (κ3) is 3.66. The first-order valence-corrected chi connectivity index (χ1v) is 12.4. The standard InChI is InChI=1S/C27H32N4O3/c1-27(18-28)23-11-5-4-10-22(23)24(26(32)33)31(27)16-21(17-31)34-15-6-2-3-9-20-13-12-19-8-7-14-29-25(19)30-20/h4-5,10-13,21,24H,2-3,6-9,14-17H2,1H3,(H-,29,30,32,33)/p+1. The zero-order chi connectivity index (χ0) is 23.8. The molecule has 1 aromatic carbocycles. The SMILES string of the molecule is CC1(C#N)c2ccccc2C(C(=O)O)[N+]12CC(OCCCCCc1ccc3c(n1)NCCC3)C2. The first kappa shape index (κ1) is 22.8. The number of benzene rings is 1. The highest BCUT2D eigenvalue weighted by Crippen LogP contribution is 2.56. The van der Waals surface area contributed by atoms with Crippen molar-refractivity contribution in [2.75, 3.05) is 31.6 Å². The van der Waals surface area contributed by atoms with Gasteiger partial charge >= 0.3 is 5.97 Å². The smallest absolute Gasteiger partial charge is 0.367 e. The van der Waals surface area contributed by atoms with Gasteiger partial charge in [0, 0.05) is 36.9 Å². The summed E-state index contributed by atoms with van der Waals surface area (Å²) in [4.78, 5) is 17.0. The number of nitrogens with one attached hydrogen (secondary N) is 1. The Morgan fingerprint density at radius 1 is 1.26 bits per heavy atom. The number of anilines is 1. The number of hydrogen-bond donors (Lipinski definition) is 2. The van der Waals surface area contributed by atoms with Crippen LogP contribution in [0.4, 0.5) is 5.82 Å². The zero-order valence-electron chi connectivity index (χ0n) is 19.8. The van der Waals surface area contributed by atoms with Crippen LogP contribution >= 0.6 is 0 Å². The van der Waals surface area contributed by atoms with Crippen LogP contribution in [-0.4, -0.2) is 52.9 Å². The monoisotopic (exact) mass is 461 g/mol. The number of hydrogen-bond acceptors (Lipinski definition) is 5. The van der Waals surface area contributed by atoms with Gasteiger partial charge in [-0.05, 0) is 43.7 Å². The molecular weight excluding hydrogens is 428 g/mol. The Hall–Kier alpha value is -2.95. The molecule has 2 atom stereocenters. The number of fused-ring (bicyclic) bond motifs is 2. The fourth-order valence-corrected chi connectivity index (χ4v) is 6.15. The molecule has 0 amide bonds. The molecule has 3 aliphatic rings. The second-order valence-electron chi connectivity index (χ2n) is 10.1. The molecule has 178 valence electrons. The van der Waals surface area contributed by atoms with Crippen LogP contribution in [0.15, 0.2) is 36.4 Å². The van der Waals surface area contributed by atoms with Crippen molar-refractivity contribution in [2.24, 2.45) is 0 Å². The van der Waals surface area contributed by atoms with E-state index in [0.717, 1.165) is 61.3 Å². The van der Waals surface area contributed by atoms with Crippen molar-refractivity contribution < 1.29 is 19.1 Å². The van der Waals surface area contributed by atoms with Gasteiger partial charge in [-0.3, -0.25) is 4.48 Å². The molecule has 0 bridgehead atoms. The van der Waals surface area contributed by atoms with E-state index in [2.05, 4.69) is 23.5 Å². The molecule has 1 saturated heterocycles. The molecular formula is C27H33N4O3+. The van der Waals surface area contributed by atoms with Crippen LogP contribution in [-0.2, 0) is 27.9 Å². The van der Waals surface area contributed by atoms with E-state index in [0.29, 0.717) is 19.7 Å². The molecule has 0 radical (unpaired) electrons. The van der Waals surface area contributed by atoms with Crippen LogP contribution in [0.2, 0.25) is 0 Å². The van der Waals surface area contributed by atoms with Crippen molar-refractivity contribution in [1.29, 1.82) is 5.26 Å². The average molecular weight is 462 g/mol. The van der Waals surface area contributed by atoms with E-state index in [1.54, 1.807) is 0 Å². The summed E-state index contributed by atoms with van der Waals surface area (Å²) >= 11 is 0. The number of aromatic nitrogens is 1. The molecule has 2 unspecified atom stereocenters. The summed E-state index contributed by atoms with van der Waals surface area (Å²) in [7, 11) is 0. The lowest BCUT2D eigenvalue weighted by molar-refractivity contribution is -1.03. The number of aliphatic carboxylic acids is 1. The summed E-state index contributed by atoms with van der Waals surface area (Å²) in [5.74, 6) is 0.193. The number of quaternary nitrogens is 1. The largest absolute Gasteiger partial charge is 0.477 e. The van der Waals surface area contributed by atoms with Gasteiger partial charge in [-0.25, -0.2) is 9.78 Å². The van der Waals surface area contributed by atoms with Crippen LogP contribution < -0.4 is 5.32 Å². The minimum atomic E-state index is -0.865. The second-order valence-corrected chi connectivity index (χ2v) is 10.1. The molecule has 1 fully saturated rings. The van der Waals surface area contributed by atoms with Gasteiger partial charge in [0.1, 0.15) is 25.0 Å². The lowest BCUT2D eigenvalue weighted by Gasteiger charge is -2.55. The van der Waals surface area contributed by atoms with Crippen molar-refractivity contribution >= 4 is 11.8 Å². The number of unbranched alkanes of at least 4 members (excludes halogenated alkanes) is 2. The van der Waals surface area contributed by atoms with E-state index in [1.807, 2.05) is 31.2 Å². The molecule has 34 heavy (non-hydrogen) atoms. The van der Waals surface area contributed by atoms with E-state index >= 15 is 0 Å². The maximum Gasteiger partial charge on any atom is 0.367 e. The van der Waals surface area contributed by atoms with Crippen molar-refractivity contribution in [2.45, 2.75) is 63.1 Å². The summed E-state index contributed by atoms with van der Waals surface area (Å²) in [6, 6.07) is 13.6. The van der Waals surface area contributed by atoms with E-state index < -0.39 is 17.6 Å². The highest BCUT2D eigenvalue weighted by molar-refractivity contribution is 5.76. The fourth-order valence-electron chi connectivity index (χ4n) is 6.15. The number of carboxylic acids is 1. The van der Waals surface area contributed by atoms with Crippen molar-refractivity contribution in [1.82, 2.24) is 4.98 Å². The zero-order valence-corrected chi connectivity index (χ0v) is 19.8. The van der Waals surface area contributed by atoms with E-state index in [1.165, 1.54) is 12.0 Å². The van der Waals surface area contributed by atoms with Crippen molar-refractivity contribution in [3.05, 3.63) is 58.8 Å². The summed E-state index contributed by atoms with van der Waals surface area (Å²) in [5, 5.41) is 23.5. The predicted molar refractivity (Wildman–Crippen MR) is 128 cm³/mol. The molecule has 7 nitrogen and oxygen atoms in total. The van der Waals surface area contributed by atoms with E-state index in [-0.39, 0.29) is 10.6 Å². The Balaban J connectivity index is 1.10. The quantitative estimate of drug-likeness (QED) is 0.457. The molecule has 2 aromatic rings. The fraction of sp³-hybridized carbons (Fsp3) is 0.519. The first-order valence-electron chi connectivity index (χ1n) is 12.4. The number of pyridine rings is 1. The van der Waals surface area contributed by atoms with Gasteiger partial charge in [0.15, 0.2) is 6.10 Å². The maximum atomic E-state index is 12.2. The normalized spacial score (nSPS) is 28.9. The van der Waals surface area contributed by atoms with E-state index in [9.17, 15) is 15.2 Å². The van der Waals surface area contributed by atoms with Crippen LogP contribution in [0.3, 0.4) is 0 Å². The number of carboxylic acid groups (broad SMARTS) is 1. The Kier molecular flexibility index (Phi) is 6.05. The molecule has 3 aliphatic heterocycles. The van der Waals surface area contributed by atoms with E-state index in [4.69, 9.17) is 9.72 Å². The van der Waals surface area contributed by atoms with Crippen LogP contribution in [0.25, 0.3) is 0 Å². The molecule has 1 spiro atoms. The van der Waals surface area contributed by atoms with Gasteiger partial charge in [0.25, 0.3) is 0 Å². The van der Waals surface area contributed by atoms with Crippen LogP contribution in [0, 0.1) is 11.3 Å². The van der Waals surface area contributed by atoms with Gasteiger partial charge in [-0.1, -0.05) is 36.8 Å². The summed E-state index contributed by atoms with van der Waals surface area (Å²) in [6.07, 6.45) is 6.36. The molecule has 7 heteroatoms. The number of carbonyl (C=O) groups is 1. The summed E-state index contributed by atoms with van der Waals surface area (Å²) < 4.78 is 6.35. The van der Waals surface area contributed by atoms with Gasteiger partial charge < -0.3 is 15.2 Å². The minimum absolute atomic E-state index is 0.00257. The Morgan fingerprint density at radius 3 is 2.88 bits per heavy atom. The average Bonchev–Trinajstić information content (AvgIpc) is 3.07. The number of rotatable bonds is 8. The van der Waals surface area contributed by atoms with Crippen LogP contribution in [0.1, 0.15) is 61.0 Å². The highest BCUT2D eigenvalue weighted by atomic mass is 16.5. The lowest BCUT2D eigenvalue weighted by Crippen LogP contribution is -2.73. The van der Waals surface area contributed by atoms with Gasteiger partial charge in [0.2, 0.25) is 11.6 Å². The Labute approximate surface area is 201 Å². The Bertz CT molecular complexity index is 1120. The van der Waals surface area contributed by atoms with Crippen molar-refractivity contribution in [3.63, 3.8) is 0 Å². The third-order valence-electron chi connectivity index (χ3n) is 8.06. The van der Waals surface area contributed by atoms with Gasteiger partial charge in [0.05, 0.1) is 0 Å². The molecule has 1 aromatic heterocycles. The number of nitriles is 1. The topological polar surface area (TPSA) is 95.2 Å². The lowest BCUT2D eigenvalue weighted by atomic mass is 9.88. The molecule has 0 aliphatic carbocycles. The summed E-state index contributed by atoms with van der Waals surface area (Å²) in [5.41, 5.74) is 3.21. The minimum Gasteiger partial charge on any atom is -0.477 e. The number of aryl methyl sites for hydroxylation is 2. The predicted octanol–water partition coefficient (Wildman–Crippen LogP) is 3.95. The summed E-state index contributed by atoms with van der Waals surface area (Å²) in [6.45, 7) is 4.67. The molecule has 4 heterocycles. The third-order valence-corrected chi connectivity index (χ3v) is 8.06. The first-order chi connectivity index (χ1) is 16.5. The number of nitrogens with zero attached hydrogens (tertiary/aromatic N) is 3. The molecule has 2 N–H and O–H groups in total. The number of ether oxygens (including phenoxy) is 1. The molecule has 5 rings (SSSR count). The maximum absolute atomic E-state index is 12.2.